The Morgan fingerprint density at radius 2 is 1.77 bits per heavy atom. The number of benzene rings is 2. The first-order chi connectivity index (χ1) is 12.4. The number of hydrogen-bond acceptors (Lipinski definition) is 4. The van der Waals surface area contributed by atoms with Crippen LogP contribution in [0.4, 0.5) is 5.69 Å². The maximum absolute atomic E-state index is 12.5. The van der Waals surface area contributed by atoms with Gasteiger partial charge in [0.25, 0.3) is 5.91 Å². The molecule has 134 valence electrons. The fourth-order valence-electron chi connectivity index (χ4n) is 1.95. The second kappa shape index (κ2) is 9.28. The molecule has 2 aromatic carbocycles. The van der Waals surface area contributed by atoms with E-state index >= 15 is 0 Å². The number of Topliss-reactive ketones (excluding diaryl/α,β-unsaturated/α-hetero) is 1. The topological polar surface area (TPSA) is 96.6 Å². The molecule has 9 heteroatoms. The van der Waals surface area contributed by atoms with Crippen molar-refractivity contribution >= 4 is 63.6 Å². The van der Waals surface area contributed by atoms with Crippen molar-refractivity contribution in [2.24, 2.45) is 10.8 Å². The Hall–Kier alpha value is -2.48. The smallest absolute Gasteiger partial charge is 0.272 e. The molecule has 0 saturated carbocycles. The van der Waals surface area contributed by atoms with Gasteiger partial charge in [0.1, 0.15) is 5.71 Å². The molecule has 26 heavy (non-hydrogen) atoms. The zero-order valence-corrected chi connectivity index (χ0v) is 15.7. The van der Waals surface area contributed by atoms with Gasteiger partial charge >= 0.3 is 0 Å². The number of rotatable bonds is 6. The van der Waals surface area contributed by atoms with Gasteiger partial charge in [0, 0.05) is 11.3 Å². The number of nitrogens with one attached hydrogen (secondary N) is 2. The summed E-state index contributed by atoms with van der Waals surface area (Å²) >= 11 is 16.5. The molecular weight excluding hydrogens is 395 g/mol. The van der Waals surface area contributed by atoms with Gasteiger partial charge < -0.3 is 11.1 Å². The quantitative estimate of drug-likeness (QED) is 0.294. The third kappa shape index (κ3) is 5.80. The van der Waals surface area contributed by atoms with E-state index in [4.69, 9.17) is 28.9 Å². The van der Waals surface area contributed by atoms with Crippen LogP contribution < -0.4 is 16.5 Å². The van der Waals surface area contributed by atoms with E-state index in [1.54, 1.807) is 42.5 Å². The molecule has 0 saturated heterocycles. The van der Waals surface area contributed by atoms with Gasteiger partial charge in [-0.05, 0) is 30.4 Å². The Morgan fingerprint density at radius 1 is 1.08 bits per heavy atom. The maximum atomic E-state index is 12.5. The van der Waals surface area contributed by atoms with E-state index in [9.17, 15) is 9.59 Å². The Bertz CT molecular complexity index is 872. The summed E-state index contributed by atoms with van der Waals surface area (Å²) in [5.74, 6) is -0.880. The first kappa shape index (κ1) is 19.8. The number of halogens is 2. The average Bonchev–Trinajstić information content (AvgIpc) is 2.62. The molecule has 6 nitrogen and oxygen atoms in total. The molecule has 0 radical (unpaired) electrons. The van der Waals surface area contributed by atoms with Crippen LogP contribution in [0.15, 0.2) is 53.6 Å². The number of carbonyl (C=O) groups excluding carboxylic acids is 2. The monoisotopic (exact) mass is 408 g/mol. The number of amides is 1. The van der Waals surface area contributed by atoms with Crippen LogP contribution in [-0.4, -0.2) is 22.5 Å². The maximum Gasteiger partial charge on any atom is 0.272 e. The van der Waals surface area contributed by atoms with Crippen LogP contribution in [0.3, 0.4) is 0 Å². The minimum Gasteiger partial charge on any atom is -0.375 e. The molecular formula is C17H14Cl2N4O2S. The van der Waals surface area contributed by atoms with Crippen molar-refractivity contribution < 1.29 is 9.59 Å². The Morgan fingerprint density at radius 3 is 2.38 bits per heavy atom. The van der Waals surface area contributed by atoms with Crippen molar-refractivity contribution in [2.75, 3.05) is 5.32 Å². The summed E-state index contributed by atoms with van der Waals surface area (Å²) in [6, 6.07) is 13.1. The van der Waals surface area contributed by atoms with Gasteiger partial charge in [-0.25, -0.2) is 0 Å². The molecule has 0 aliphatic carbocycles. The van der Waals surface area contributed by atoms with E-state index in [0.29, 0.717) is 16.3 Å². The van der Waals surface area contributed by atoms with Crippen LogP contribution in [0, 0.1) is 0 Å². The first-order valence-electron chi connectivity index (χ1n) is 7.33. The third-order valence-corrected chi connectivity index (χ3v) is 3.99. The predicted octanol–water partition coefficient (Wildman–Crippen LogP) is 3.39. The van der Waals surface area contributed by atoms with Crippen molar-refractivity contribution in [3.63, 3.8) is 0 Å². The van der Waals surface area contributed by atoms with Gasteiger partial charge in [0.05, 0.1) is 16.5 Å². The van der Waals surface area contributed by atoms with Crippen molar-refractivity contribution in [1.82, 2.24) is 5.43 Å². The van der Waals surface area contributed by atoms with E-state index in [2.05, 4.69) is 28.1 Å². The van der Waals surface area contributed by atoms with Crippen molar-refractivity contribution in [3.05, 3.63) is 64.1 Å². The van der Waals surface area contributed by atoms with Gasteiger partial charge in [-0.1, -0.05) is 53.5 Å². The number of ketones is 1. The molecule has 2 aromatic rings. The molecule has 0 heterocycles. The lowest BCUT2D eigenvalue weighted by Crippen LogP contribution is -2.31. The first-order valence-corrected chi connectivity index (χ1v) is 8.50. The minimum atomic E-state index is -0.601. The van der Waals surface area contributed by atoms with Crippen LogP contribution in [0.2, 0.25) is 10.0 Å². The van der Waals surface area contributed by atoms with Gasteiger partial charge in [-0.3, -0.25) is 15.0 Å². The van der Waals surface area contributed by atoms with Crippen LogP contribution in [-0.2, 0) is 4.79 Å². The van der Waals surface area contributed by atoms with E-state index in [0.717, 1.165) is 0 Å². The molecule has 1 amide bonds. The normalized spacial score (nSPS) is 10.9. The number of hydrogen-bond donors (Lipinski definition) is 3. The summed E-state index contributed by atoms with van der Waals surface area (Å²) in [6.45, 7) is 0. The number of carbonyl (C=O) groups is 2. The van der Waals surface area contributed by atoms with Crippen LogP contribution in [0.25, 0.3) is 0 Å². The highest BCUT2D eigenvalue weighted by Crippen LogP contribution is 2.25. The second-order valence-electron chi connectivity index (χ2n) is 5.08. The largest absolute Gasteiger partial charge is 0.375 e. The number of thiocarbonyl (C=S) groups is 1. The highest BCUT2D eigenvalue weighted by molar-refractivity contribution is 7.80. The highest BCUT2D eigenvalue weighted by Gasteiger charge is 2.18. The molecule has 2 rings (SSSR count). The summed E-state index contributed by atoms with van der Waals surface area (Å²) in [4.78, 5) is 24.9. The van der Waals surface area contributed by atoms with Gasteiger partial charge in [0.15, 0.2) is 10.9 Å². The second-order valence-corrected chi connectivity index (χ2v) is 6.34. The average molecular weight is 409 g/mol. The Balaban J connectivity index is 2.19. The SMILES string of the molecule is NC(=S)N/N=C(\CC(=O)c1ccccc1)C(=O)Nc1ccc(Cl)c(Cl)c1. The molecule has 0 aliphatic rings. The van der Waals surface area contributed by atoms with Crippen molar-refractivity contribution in [1.29, 1.82) is 0 Å². The molecule has 0 spiro atoms. The number of anilines is 1. The van der Waals surface area contributed by atoms with Crippen LogP contribution in [0.5, 0.6) is 0 Å². The molecule has 0 fully saturated rings. The molecule has 4 N–H and O–H groups in total. The van der Waals surface area contributed by atoms with E-state index < -0.39 is 5.91 Å². The molecule has 0 unspecified atom stereocenters. The molecule has 0 bridgehead atoms. The van der Waals surface area contributed by atoms with E-state index in [1.165, 1.54) is 6.07 Å². The predicted molar refractivity (Wildman–Crippen MR) is 108 cm³/mol. The van der Waals surface area contributed by atoms with E-state index in [1.807, 2.05) is 0 Å². The lowest BCUT2D eigenvalue weighted by atomic mass is 10.1. The molecule has 0 aromatic heterocycles. The van der Waals surface area contributed by atoms with Crippen LogP contribution in [0.1, 0.15) is 16.8 Å². The zero-order valence-electron chi connectivity index (χ0n) is 13.3. The number of nitrogens with zero attached hydrogens (tertiary/aromatic N) is 1. The standard InChI is InChI=1S/C17H14Cl2N4O2S/c18-12-7-6-11(8-13(12)19)21-16(25)14(22-23-17(20)26)9-15(24)10-4-2-1-3-5-10/h1-8H,9H2,(H,21,25)(H3,20,23,26)/b22-14+. The minimum absolute atomic E-state index is 0.0854. The fraction of sp³-hybridized carbons (Fsp3) is 0.0588. The highest BCUT2D eigenvalue weighted by atomic mass is 35.5. The van der Waals surface area contributed by atoms with Gasteiger partial charge in [-0.15, -0.1) is 0 Å². The Kier molecular flexibility index (Phi) is 7.08. The summed E-state index contributed by atoms with van der Waals surface area (Å²) in [7, 11) is 0. The van der Waals surface area contributed by atoms with Crippen molar-refractivity contribution in [2.45, 2.75) is 6.42 Å². The molecule has 0 atom stereocenters. The lowest BCUT2D eigenvalue weighted by Gasteiger charge is -2.09. The summed E-state index contributed by atoms with van der Waals surface area (Å²) in [5.41, 5.74) is 8.44. The van der Waals surface area contributed by atoms with Crippen LogP contribution >= 0.6 is 35.4 Å². The third-order valence-electron chi connectivity index (χ3n) is 3.16. The summed E-state index contributed by atoms with van der Waals surface area (Å²) < 4.78 is 0. The summed E-state index contributed by atoms with van der Waals surface area (Å²) in [6.07, 6.45) is -0.243. The number of nitrogens with two attached hydrogens (primary N) is 1. The van der Waals surface area contributed by atoms with E-state index in [-0.39, 0.29) is 28.1 Å². The fourth-order valence-corrected chi connectivity index (χ4v) is 2.29. The Labute approximate surface area is 165 Å². The van der Waals surface area contributed by atoms with Gasteiger partial charge in [-0.2, -0.15) is 5.10 Å². The van der Waals surface area contributed by atoms with Gasteiger partial charge in [0.2, 0.25) is 0 Å². The lowest BCUT2D eigenvalue weighted by molar-refractivity contribution is -0.110. The molecule has 0 aliphatic heterocycles. The van der Waals surface area contributed by atoms with Crippen molar-refractivity contribution in [3.8, 4) is 0 Å². The zero-order chi connectivity index (χ0) is 19.1. The summed E-state index contributed by atoms with van der Waals surface area (Å²) in [5, 5.41) is 6.94. The number of hydrazone groups is 1.